The second kappa shape index (κ2) is 9.96. The Bertz CT molecular complexity index is 975. The van der Waals surface area contributed by atoms with Crippen molar-refractivity contribution in [3.05, 3.63) is 58.1 Å². The van der Waals surface area contributed by atoms with Crippen LogP contribution in [0.5, 0.6) is 5.75 Å². The predicted octanol–water partition coefficient (Wildman–Crippen LogP) is 3.70. The van der Waals surface area contributed by atoms with Crippen LogP contribution in [-0.2, 0) is 14.8 Å². The van der Waals surface area contributed by atoms with Crippen LogP contribution in [-0.4, -0.2) is 39.4 Å². The van der Waals surface area contributed by atoms with E-state index in [2.05, 4.69) is 10.5 Å². The van der Waals surface area contributed by atoms with E-state index in [1.807, 2.05) is 6.92 Å². The number of benzene rings is 2. The average Bonchev–Trinajstić information content (AvgIpc) is 2.64. The second-order valence-corrected chi connectivity index (χ2v) is 8.71. The van der Waals surface area contributed by atoms with Crippen molar-refractivity contribution in [3.8, 4) is 5.75 Å². The molecule has 0 aliphatic rings. The van der Waals surface area contributed by atoms with Gasteiger partial charge in [0.15, 0.2) is 0 Å². The van der Waals surface area contributed by atoms with Gasteiger partial charge >= 0.3 is 0 Å². The summed E-state index contributed by atoms with van der Waals surface area (Å²) in [5, 5.41) is 4.59. The first-order valence-corrected chi connectivity index (χ1v) is 11.2. The van der Waals surface area contributed by atoms with Crippen LogP contribution in [0.4, 0.5) is 5.69 Å². The largest absolute Gasteiger partial charge is 0.494 e. The van der Waals surface area contributed by atoms with Gasteiger partial charge in [0, 0.05) is 5.56 Å². The molecule has 1 N–H and O–H groups in total. The minimum Gasteiger partial charge on any atom is -0.494 e. The first kappa shape index (κ1) is 23.0. The molecule has 0 unspecified atom stereocenters. The highest BCUT2D eigenvalue weighted by molar-refractivity contribution is 7.92. The Morgan fingerprint density at radius 1 is 1.21 bits per heavy atom. The smallest absolute Gasteiger partial charge is 0.263 e. The van der Waals surface area contributed by atoms with Crippen LogP contribution in [0.15, 0.2) is 47.6 Å². The maximum Gasteiger partial charge on any atom is 0.263 e. The molecule has 156 valence electrons. The van der Waals surface area contributed by atoms with E-state index in [1.54, 1.807) is 42.5 Å². The molecule has 0 fully saturated rings. The summed E-state index contributed by atoms with van der Waals surface area (Å²) in [5.74, 6) is -0.0215. The molecule has 0 saturated carbocycles. The molecule has 1 atom stereocenters. The van der Waals surface area contributed by atoms with E-state index >= 15 is 0 Å². The summed E-state index contributed by atoms with van der Waals surface area (Å²) in [6.45, 7) is 3.80. The fourth-order valence-electron chi connectivity index (χ4n) is 2.55. The Labute approximate surface area is 180 Å². The van der Waals surface area contributed by atoms with E-state index in [4.69, 9.17) is 27.9 Å². The van der Waals surface area contributed by atoms with Crippen LogP contribution < -0.4 is 14.5 Å². The van der Waals surface area contributed by atoms with Gasteiger partial charge in [-0.2, -0.15) is 5.10 Å². The van der Waals surface area contributed by atoms with Crippen LogP contribution in [0.2, 0.25) is 10.0 Å². The number of hydrogen-bond donors (Lipinski definition) is 1. The van der Waals surface area contributed by atoms with Gasteiger partial charge in [-0.3, -0.25) is 9.10 Å². The average molecular weight is 458 g/mol. The van der Waals surface area contributed by atoms with Gasteiger partial charge in [0.1, 0.15) is 11.8 Å². The molecule has 0 aromatic heterocycles. The molecule has 0 aliphatic carbocycles. The zero-order valence-corrected chi connectivity index (χ0v) is 18.4. The number of nitrogens with zero attached hydrogens (tertiary/aromatic N) is 2. The highest BCUT2D eigenvalue weighted by atomic mass is 35.5. The number of hydrazone groups is 1. The Kier molecular flexibility index (Phi) is 7.89. The summed E-state index contributed by atoms with van der Waals surface area (Å²) in [6, 6.07) is 10.3. The van der Waals surface area contributed by atoms with Crippen molar-refractivity contribution in [3.63, 3.8) is 0 Å². The molecule has 2 rings (SSSR count). The lowest BCUT2D eigenvalue weighted by molar-refractivity contribution is -0.121. The molecule has 1 amide bonds. The fraction of sp³-hybridized carbons (Fsp3) is 0.263. The third-order valence-corrected chi connectivity index (χ3v) is 5.76. The zero-order chi connectivity index (χ0) is 21.6. The minimum atomic E-state index is -3.74. The topological polar surface area (TPSA) is 88.1 Å². The van der Waals surface area contributed by atoms with Crippen LogP contribution in [0.1, 0.15) is 19.4 Å². The number of amides is 1. The lowest BCUT2D eigenvalue weighted by Gasteiger charge is -2.27. The lowest BCUT2D eigenvalue weighted by atomic mass is 10.2. The van der Waals surface area contributed by atoms with Crippen LogP contribution in [0, 0.1) is 0 Å². The molecule has 0 aliphatic heterocycles. The van der Waals surface area contributed by atoms with Crippen LogP contribution in [0.25, 0.3) is 0 Å². The van der Waals surface area contributed by atoms with E-state index in [-0.39, 0.29) is 0 Å². The van der Waals surface area contributed by atoms with Gasteiger partial charge in [-0.25, -0.2) is 13.8 Å². The van der Waals surface area contributed by atoms with Crippen molar-refractivity contribution in [2.24, 2.45) is 5.10 Å². The number of rotatable bonds is 8. The Hall–Kier alpha value is -2.29. The number of halogens is 2. The number of nitrogens with one attached hydrogen (secondary N) is 1. The van der Waals surface area contributed by atoms with Crippen molar-refractivity contribution < 1.29 is 17.9 Å². The summed E-state index contributed by atoms with van der Waals surface area (Å²) in [4.78, 5) is 12.5. The summed E-state index contributed by atoms with van der Waals surface area (Å²) >= 11 is 12.1. The normalized spacial score (nSPS) is 12.6. The Morgan fingerprint density at radius 3 is 2.31 bits per heavy atom. The van der Waals surface area contributed by atoms with Gasteiger partial charge in [-0.05, 0) is 50.2 Å². The second-order valence-electron chi connectivity index (χ2n) is 6.03. The molecule has 2 aromatic rings. The van der Waals surface area contributed by atoms with E-state index in [0.717, 1.165) is 10.6 Å². The van der Waals surface area contributed by atoms with E-state index < -0.39 is 22.0 Å². The molecule has 0 saturated heterocycles. The van der Waals surface area contributed by atoms with Crippen LogP contribution >= 0.6 is 23.2 Å². The van der Waals surface area contributed by atoms with Crippen molar-refractivity contribution in [1.82, 2.24) is 5.43 Å². The number of anilines is 1. The van der Waals surface area contributed by atoms with E-state index in [9.17, 15) is 13.2 Å². The molecular formula is C19H21Cl2N3O4S. The SMILES string of the molecule is CCOc1ccc(N([C@H](C)C(=O)N/N=C\c2c(Cl)cccc2Cl)S(C)(=O)=O)cc1. The third-order valence-electron chi connectivity index (χ3n) is 3.86. The first-order chi connectivity index (χ1) is 13.6. The summed E-state index contributed by atoms with van der Waals surface area (Å²) in [7, 11) is -3.74. The number of ether oxygens (including phenoxy) is 1. The van der Waals surface area contributed by atoms with E-state index in [0.29, 0.717) is 33.7 Å². The fourth-order valence-corrected chi connectivity index (χ4v) is 4.22. The standard InChI is InChI=1S/C19H21Cl2N3O4S/c1-4-28-15-10-8-14(9-11-15)24(29(3,26)27)13(2)19(25)23-22-12-16-17(20)6-5-7-18(16)21/h5-13H,4H2,1-3H3,(H,23,25)/b22-12-/t13-/m1/s1. The minimum absolute atomic E-state index is 0.330. The van der Waals surface area contributed by atoms with Gasteiger partial charge in [-0.1, -0.05) is 29.3 Å². The molecule has 2 aromatic carbocycles. The van der Waals surface area contributed by atoms with Gasteiger partial charge in [-0.15, -0.1) is 0 Å². The summed E-state index contributed by atoms with van der Waals surface area (Å²) in [6.07, 6.45) is 2.33. The number of hydrogen-bond acceptors (Lipinski definition) is 5. The molecule has 29 heavy (non-hydrogen) atoms. The predicted molar refractivity (Wildman–Crippen MR) is 117 cm³/mol. The third kappa shape index (κ3) is 6.09. The monoisotopic (exact) mass is 457 g/mol. The van der Waals surface area contributed by atoms with E-state index in [1.165, 1.54) is 13.1 Å². The molecular weight excluding hydrogens is 437 g/mol. The highest BCUT2D eigenvalue weighted by Crippen LogP contribution is 2.24. The molecule has 0 spiro atoms. The Balaban J connectivity index is 2.19. The number of carbonyl (C=O) groups excluding carboxylic acids is 1. The van der Waals surface area contributed by atoms with Gasteiger partial charge in [0.05, 0.1) is 34.8 Å². The van der Waals surface area contributed by atoms with Gasteiger partial charge < -0.3 is 4.74 Å². The maximum atomic E-state index is 12.5. The van der Waals surface area contributed by atoms with Crippen molar-refractivity contribution in [2.75, 3.05) is 17.2 Å². The van der Waals surface area contributed by atoms with Crippen molar-refractivity contribution >= 4 is 51.0 Å². The first-order valence-electron chi connectivity index (χ1n) is 8.64. The lowest BCUT2D eigenvalue weighted by Crippen LogP contribution is -2.46. The van der Waals surface area contributed by atoms with Crippen molar-refractivity contribution in [2.45, 2.75) is 19.9 Å². The molecule has 0 bridgehead atoms. The maximum absolute atomic E-state index is 12.5. The molecule has 10 heteroatoms. The number of carbonyl (C=O) groups is 1. The zero-order valence-electron chi connectivity index (χ0n) is 16.1. The highest BCUT2D eigenvalue weighted by Gasteiger charge is 2.29. The molecule has 0 radical (unpaired) electrons. The summed E-state index contributed by atoms with van der Waals surface area (Å²) < 4.78 is 31.0. The summed E-state index contributed by atoms with van der Waals surface area (Å²) in [5.41, 5.74) is 3.09. The quantitative estimate of drug-likeness (QED) is 0.483. The van der Waals surface area contributed by atoms with Gasteiger partial charge in [0.2, 0.25) is 10.0 Å². The molecule has 7 nitrogen and oxygen atoms in total. The van der Waals surface area contributed by atoms with Crippen molar-refractivity contribution in [1.29, 1.82) is 0 Å². The number of sulfonamides is 1. The van der Waals surface area contributed by atoms with Crippen LogP contribution in [0.3, 0.4) is 0 Å². The Morgan fingerprint density at radius 2 is 1.79 bits per heavy atom. The molecule has 0 heterocycles. The van der Waals surface area contributed by atoms with Gasteiger partial charge in [0.25, 0.3) is 5.91 Å².